The van der Waals surface area contributed by atoms with E-state index in [9.17, 15) is 4.79 Å². The summed E-state index contributed by atoms with van der Waals surface area (Å²) in [6.45, 7) is 1.96. The monoisotopic (exact) mass is 172 g/mol. The molecule has 11 heavy (non-hydrogen) atoms. The molecule has 1 aromatic rings. The molecule has 0 radical (unpaired) electrons. The van der Waals surface area contributed by atoms with Crippen LogP contribution in [0, 0.1) is 0 Å². The van der Waals surface area contributed by atoms with Crippen molar-refractivity contribution in [1.82, 2.24) is 9.97 Å². The maximum Gasteiger partial charge on any atom is 0.295 e. The smallest absolute Gasteiger partial charge is 0.295 e. The third-order valence-electron chi connectivity index (χ3n) is 1.01. The van der Waals surface area contributed by atoms with Crippen LogP contribution in [-0.2, 0) is 0 Å². The maximum absolute atomic E-state index is 10.7. The summed E-state index contributed by atoms with van der Waals surface area (Å²) in [6.07, 6.45) is 0. The minimum absolute atomic E-state index is 0.326. The first kappa shape index (κ1) is 8.13. The lowest BCUT2D eigenvalue weighted by Crippen LogP contribution is -2.05. The molecular formula is C6H8N2O2S. The van der Waals surface area contributed by atoms with Gasteiger partial charge in [0.1, 0.15) is 0 Å². The highest BCUT2D eigenvalue weighted by molar-refractivity contribution is 7.99. The van der Waals surface area contributed by atoms with Gasteiger partial charge in [0.25, 0.3) is 11.6 Å². The summed E-state index contributed by atoms with van der Waals surface area (Å²) in [5.41, 5.74) is -0.419. The minimum Gasteiger partial charge on any atom is -0.480 e. The summed E-state index contributed by atoms with van der Waals surface area (Å²) in [7, 11) is 0. The molecule has 0 aliphatic heterocycles. The average Bonchev–Trinajstić information content (AvgIpc) is 1.85. The predicted octanol–water partition coefficient (Wildman–Crippen LogP) is 0.588. The predicted molar refractivity (Wildman–Crippen MR) is 42.9 cm³/mol. The molecule has 0 aliphatic rings. The summed E-state index contributed by atoms with van der Waals surface area (Å²) in [5, 5.41) is 9.48. The van der Waals surface area contributed by atoms with Crippen LogP contribution in [0.4, 0.5) is 0 Å². The first-order valence-electron chi connectivity index (χ1n) is 3.15. The van der Waals surface area contributed by atoms with Crippen LogP contribution in [0.2, 0.25) is 0 Å². The molecule has 0 saturated heterocycles. The summed E-state index contributed by atoms with van der Waals surface area (Å²) in [6, 6.07) is 1.03. The largest absolute Gasteiger partial charge is 0.480 e. The van der Waals surface area contributed by atoms with Crippen molar-refractivity contribution < 1.29 is 5.11 Å². The lowest BCUT2D eigenvalue weighted by Gasteiger charge is -1.96. The Labute approximate surface area is 67.7 Å². The number of thioether (sulfide) groups is 1. The Balaban J connectivity index is 2.99. The molecule has 0 bridgehead atoms. The highest BCUT2D eigenvalue weighted by atomic mass is 32.2. The van der Waals surface area contributed by atoms with E-state index in [-0.39, 0.29) is 6.01 Å². The molecule has 0 fully saturated rings. The van der Waals surface area contributed by atoms with E-state index in [4.69, 9.17) is 5.11 Å². The Morgan fingerprint density at radius 3 is 3.09 bits per heavy atom. The fourth-order valence-corrected chi connectivity index (χ4v) is 1.31. The van der Waals surface area contributed by atoms with Gasteiger partial charge in [-0.05, 0) is 5.75 Å². The number of nitrogens with zero attached hydrogens (tertiary/aromatic N) is 1. The van der Waals surface area contributed by atoms with Crippen molar-refractivity contribution in [2.45, 2.75) is 11.9 Å². The number of H-pyrrole nitrogens is 1. The molecule has 4 nitrogen and oxygen atoms in total. The summed E-state index contributed by atoms with van der Waals surface area (Å²) in [4.78, 5) is 16.5. The van der Waals surface area contributed by atoms with Gasteiger partial charge < -0.3 is 10.1 Å². The topological polar surface area (TPSA) is 66.0 Å². The molecule has 0 spiro atoms. The van der Waals surface area contributed by atoms with Crippen molar-refractivity contribution in [3.05, 3.63) is 16.4 Å². The van der Waals surface area contributed by atoms with Crippen molar-refractivity contribution in [2.24, 2.45) is 0 Å². The molecule has 0 atom stereocenters. The van der Waals surface area contributed by atoms with Crippen LogP contribution >= 0.6 is 11.8 Å². The van der Waals surface area contributed by atoms with E-state index in [1.807, 2.05) is 6.92 Å². The normalized spacial score (nSPS) is 9.91. The Morgan fingerprint density at radius 2 is 2.55 bits per heavy atom. The van der Waals surface area contributed by atoms with E-state index in [1.54, 1.807) is 0 Å². The molecule has 2 N–H and O–H groups in total. The highest BCUT2D eigenvalue weighted by Gasteiger charge is 1.96. The molecule has 5 heteroatoms. The molecule has 0 aromatic carbocycles. The van der Waals surface area contributed by atoms with E-state index >= 15 is 0 Å². The van der Waals surface area contributed by atoms with E-state index < -0.39 is 5.56 Å². The Hall–Kier alpha value is -0.970. The second-order valence-electron chi connectivity index (χ2n) is 1.84. The van der Waals surface area contributed by atoms with E-state index in [2.05, 4.69) is 9.97 Å². The van der Waals surface area contributed by atoms with Crippen LogP contribution in [0.1, 0.15) is 6.92 Å². The van der Waals surface area contributed by atoms with Gasteiger partial charge in [0.15, 0.2) is 0 Å². The van der Waals surface area contributed by atoms with Gasteiger partial charge in [0.05, 0.1) is 5.03 Å². The second kappa shape index (κ2) is 3.43. The number of aromatic amines is 1. The van der Waals surface area contributed by atoms with Crippen LogP contribution in [0.25, 0.3) is 0 Å². The number of hydrogen-bond acceptors (Lipinski definition) is 4. The van der Waals surface area contributed by atoms with Gasteiger partial charge in [0.2, 0.25) is 0 Å². The van der Waals surface area contributed by atoms with Gasteiger partial charge in [-0.15, -0.1) is 11.8 Å². The standard InChI is InChI=1S/C6H8N2O2S/c1-2-11-5-3-4(9)7-6(10)8-5/h3H,2H2,1H3,(H2,7,8,9,10). The van der Waals surface area contributed by atoms with Crippen molar-refractivity contribution in [3.8, 4) is 6.01 Å². The first-order chi connectivity index (χ1) is 5.22. The lowest BCUT2D eigenvalue weighted by atomic mass is 10.7. The van der Waals surface area contributed by atoms with Crippen molar-refractivity contribution >= 4 is 11.8 Å². The van der Waals surface area contributed by atoms with Crippen LogP contribution in [0.3, 0.4) is 0 Å². The first-order valence-corrected chi connectivity index (χ1v) is 4.14. The molecule has 1 heterocycles. The lowest BCUT2D eigenvalue weighted by molar-refractivity contribution is 0.423. The Morgan fingerprint density at radius 1 is 1.82 bits per heavy atom. The highest BCUT2D eigenvalue weighted by Crippen LogP contribution is 2.12. The summed E-state index contributed by atoms with van der Waals surface area (Å²) < 4.78 is 0. The van der Waals surface area contributed by atoms with Crippen LogP contribution in [0.15, 0.2) is 15.9 Å². The zero-order valence-electron chi connectivity index (χ0n) is 6.00. The van der Waals surface area contributed by atoms with E-state index in [1.165, 1.54) is 17.8 Å². The zero-order valence-corrected chi connectivity index (χ0v) is 6.81. The quantitative estimate of drug-likeness (QED) is 0.506. The maximum atomic E-state index is 10.7. The van der Waals surface area contributed by atoms with Crippen molar-refractivity contribution in [1.29, 1.82) is 0 Å². The molecule has 0 unspecified atom stereocenters. The molecule has 1 rings (SSSR count). The minimum atomic E-state index is -0.419. The van der Waals surface area contributed by atoms with Gasteiger partial charge in [-0.25, -0.2) is 0 Å². The van der Waals surface area contributed by atoms with Gasteiger partial charge >= 0.3 is 0 Å². The van der Waals surface area contributed by atoms with Crippen LogP contribution in [0.5, 0.6) is 6.01 Å². The Bertz CT molecular complexity index is 297. The number of hydrogen-bond donors (Lipinski definition) is 2. The van der Waals surface area contributed by atoms with Gasteiger partial charge in [-0.1, -0.05) is 6.92 Å². The number of rotatable bonds is 2. The third-order valence-corrected chi connectivity index (χ3v) is 1.83. The number of aromatic hydroxyl groups is 1. The van der Waals surface area contributed by atoms with Crippen molar-refractivity contribution in [3.63, 3.8) is 0 Å². The van der Waals surface area contributed by atoms with Gasteiger partial charge in [0, 0.05) is 6.07 Å². The van der Waals surface area contributed by atoms with Gasteiger partial charge in [-0.2, -0.15) is 4.98 Å². The molecular weight excluding hydrogens is 164 g/mol. The average molecular weight is 172 g/mol. The molecule has 60 valence electrons. The van der Waals surface area contributed by atoms with E-state index in [0.29, 0.717) is 5.03 Å². The zero-order chi connectivity index (χ0) is 8.27. The second-order valence-corrected chi connectivity index (χ2v) is 3.15. The van der Waals surface area contributed by atoms with E-state index in [0.717, 1.165) is 5.75 Å². The van der Waals surface area contributed by atoms with Gasteiger partial charge in [-0.3, -0.25) is 4.79 Å². The molecule has 0 amide bonds. The van der Waals surface area contributed by atoms with Crippen LogP contribution in [-0.4, -0.2) is 20.8 Å². The number of nitrogens with one attached hydrogen (secondary N) is 1. The van der Waals surface area contributed by atoms with Crippen molar-refractivity contribution in [2.75, 3.05) is 5.75 Å². The SMILES string of the molecule is CCSc1cc(=O)nc(O)[nH]1. The summed E-state index contributed by atoms with van der Waals surface area (Å²) >= 11 is 1.45. The fraction of sp³-hybridized carbons (Fsp3) is 0.333. The number of aromatic nitrogens is 2. The molecule has 0 aliphatic carbocycles. The summed E-state index contributed by atoms with van der Waals surface area (Å²) in [5.74, 6) is 0.847. The Kier molecular flexibility index (Phi) is 2.53. The molecule has 1 aromatic heterocycles. The fourth-order valence-electron chi connectivity index (χ4n) is 0.656. The third kappa shape index (κ3) is 2.27. The molecule has 0 saturated carbocycles. The van der Waals surface area contributed by atoms with Crippen LogP contribution < -0.4 is 5.56 Å².